The van der Waals surface area contributed by atoms with Crippen LogP contribution in [0.25, 0.3) is 0 Å². The van der Waals surface area contributed by atoms with Crippen LogP contribution in [-0.2, 0) is 0 Å². The van der Waals surface area contributed by atoms with Gasteiger partial charge in [0.15, 0.2) is 0 Å². The Kier molecular flexibility index (Phi) is 5.78. The Morgan fingerprint density at radius 1 is 1.17 bits per heavy atom. The van der Waals surface area contributed by atoms with Gasteiger partial charge in [0.1, 0.15) is 11.6 Å². The van der Waals surface area contributed by atoms with Gasteiger partial charge in [-0.15, -0.1) is 0 Å². The smallest absolute Gasteiger partial charge is 0.251 e. The summed E-state index contributed by atoms with van der Waals surface area (Å²) in [7, 11) is 0. The van der Waals surface area contributed by atoms with E-state index in [-0.39, 0.29) is 23.0 Å². The molecule has 6 heteroatoms. The largest absolute Gasteiger partial charge is 0.508 e. The molecule has 2 saturated heterocycles. The van der Waals surface area contributed by atoms with Crippen LogP contribution in [0, 0.1) is 19.7 Å². The number of nitrogens with zero attached hydrogens (tertiary/aromatic N) is 1. The van der Waals surface area contributed by atoms with Crippen molar-refractivity contribution < 1.29 is 14.3 Å². The number of fused-ring (bicyclic) bond motifs is 2. The molecule has 160 valence electrons. The van der Waals surface area contributed by atoms with Crippen molar-refractivity contribution in [3.8, 4) is 5.75 Å². The van der Waals surface area contributed by atoms with Crippen molar-refractivity contribution >= 4 is 17.5 Å². The van der Waals surface area contributed by atoms with Gasteiger partial charge in [0, 0.05) is 29.7 Å². The van der Waals surface area contributed by atoms with Crippen LogP contribution in [0.15, 0.2) is 30.3 Å². The number of carbonyl (C=O) groups is 1. The van der Waals surface area contributed by atoms with E-state index in [1.807, 2.05) is 13.0 Å². The molecular weight excluding hydrogens is 403 g/mol. The number of hydrogen-bond donors (Lipinski definition) is 2. The highest BCUT2D eigenvalue weighted by atomic mass is 35.5. The lowest BCUT2D eigenvalue weighted by atomic mass is 9.91. The quantitative estimate of drug-likeness (QED) is 0.693. The van der Waals surface area contributed by atoms with Crippen LogP contribution >= 0.6 is 11.6 Å². The summed E-state index contributed by atoms with van der Waals surface area (Å²) in [5.74, 6) is -0.380. The first-order chi connectivity index (χ1) is 14.3. The van der Waals surface area contributed by atoms with E-state index in [1.54, 1.807) is 6.07 Å². The number of benzene rings is 2. The Labute approximate surface area is 182 Å². The van der Waals surface area contributed by atoms with Crippen LogP contribution in [-0.4, -0.2) is 34.0 Å². The number of nitrogens with one attached hydrogen (secondary N) is 1. The van der Waals surface area contributed by atoms with Crippen LogP contribution in [0.2, 0.25) is 5.02 Å². The lowest BCUT2D eigenvalue weighted by molar-refractivity contribution is 0.0689. The Hall–Kier alpha value is -2.11. The molecule has 0 spiro atoms. The van der Waals surface area contributed by atoms with Gasteiger partial charge in [0.2, 0.25) is 0 Å². The second-order valence-electron chi connectivity index (χ2n) is 8.70. The molecule has 3 unspecified atom stereocenters. The van der Waals surface area contributed by atoms with Crippen molar-refractivity contribution in [1.29, 1.82) is 0 Å². The summed E-state index contributed by atoms with van der Waals surface area (Å²) in [6.07, 6.45) is 4.05. The molecule has 0 aromatic heterocycles. The van der Waals surface area contributed by atoms with E-state index >= 15 is 0 Å². The third-order valence-corrected chi connectivity index (χ3v) is 7.29. The molecule has 2 bridgehead atoms. The predicted octanol–water partition coefficient (Wildman–Crippen LogP) is 5.29. The SMILES string of the molecule is Cc1c(O)ccc(C(C)N2C3CCC2CC(NC(=O)c2ccc(F)c(Cl)c2)C3)c1C. The Balaban J connectivity index is 1.46. The molecule has 0 radical (unpaired) electrons. The monoisotopic (exact) mass is 430 g/mol. The maximum atomic E-state index is 13.4. The van der Waals surface area contributed by atoms with Gasteiger partial charge in [0.05, 0.1) is 5.02 Å². The lowest BCUT2D eigenvalue weighted by Crippen LogP contribution is -2.51. The summed E-state index contributed by atoms with van der Waals surface area (Å²) in [6.45, 7) is 6.27. The van der Waals surface area contributed by atoms with Crippen LogP contribution in [0.1, 0.15) is 65.7 Å². The molecule has 1 amide bonds. The Morgan fingerprint density at radius 2 is 1.83 bits per heavy atom. The average Bonchev–Trinajstić information content (AvgIpc) is 2.98. The fourth-order valence-corrected chi connectivity index (χ4v) is 5.49. The average molecular weight is 431 g/mol. The van der Waals surface area contributed by atoms with Gasteiger partial charge < -0.3 is 10.4 Å². The van der Waals surface area contributed by atoms with E-state index in [0.717, 1.165) is 36.8 Å². The van der Waals surface area contributed by atoms with Gasteiger partial charge in [0.25, 0.3) is 5.91 Å². The number of halogens is 2. The number of phenolic OH excluding ortho intramolecular Hbond substituents is 1. The Bertz CT molecular complexity index is 966. The minimum atomic E-state index is -0.520. The zero-order valence-electron chi connectivity index (χ0n) is 17.6. The Morgan fingerprint density at radius 3 is 2.47 bits per heavy atom. The molecule has 3 atom stereocenters. The van der Waals surface area contributed by atoms with Crippen LogP contribution < -0.4 is 5.32 Å². The summed E-state index contributed by atoms with van der Waals surface area (Å²) < 4.78 is 13.4. The number of rotatable bonds is 4. The van der Waals surface area contributed by atoms with Gasteiger partial charge in [-0.25, -0.2) is 4.39 Å². The molecule has 4 rings (SSSR count). The molecule has 0 saturated carbocycles. The van der Waals surface area contributed by atoms with E-state index in [2.05, 4.69) is 24.1 Å². The molecule has 2 aliphatic rings. The molecule has 30 heavy (non-hydrogen) atoms. The molecule has 4 nitrogen and oxygen atoms in total. The molecule has 0 aliphatic carbocycles. The lowest BCUT2D eigenvalue weighted by Gasteiger charge is -2.43. The summed E-state index contributed by atoms with van der Waals surface area (Å²) in [5.41, 5.74) is 3.72. The highest BCUT2D eigenvalue weighted by molar-refractivity contribution is 6.31. The van der Waals surface area contributed by atoms with Crippen molar-refractivity contribution in [2.45, 2.75) is 70.6 Å². The number of phenols is 1. The molecule has 2 N–H and O–H groups in total. The first-order valence-electron chi connectivity index (χ1n) is 10.6. The number of piperidine rings is 1. The number of aromatic hydroxyl groups is 1. The van der Waals surface area contributed by atoms with Gasteiger partial charge in [-0.1, -0.05) is 17.7 Å². The highest BCUT2D eigenvalue weighted by Crippen LogP contribution is 2.43. The van der Waals surface area contributed by atoms with Crippen LogP contribution in [0.4, 0.5) is 4.39 Å². The van der Waals surface area contributed by atoms with Gasteiger partial charge >= 0.3 is 0 Å². The number of carbonyl (C=O) groups excluding carboxylic acids is 1. The normalized spacial score (nSPS) is 24.6. The van der Waals surface area contributed by atoms with Gasteiger partial charge in [-0.05, 0) is 87.4 Å². The van der Waals surface area contributed by atoms with Crippen molar-refractivity contribution in [2.75, 3.05) is 0 Å². The van der Waals surface area contributed by atoms with E-state index in [4.69, 9.17) is 11.6 Å². The third-order valence-electron chi connectivity index (χ3n) is 7.00. The minimum Gasteiger partial charge on any atom is -0.508 e. The minimum absolute atomic E-state index is 0.0362. The maximum Gasteiger partial charge on any atom is 0.251 e. The molecule has 2 heterocycles. The van der Waals surface area contributed by atoms with Crippen molar-refractivity contribution in [1.82, 2.24) is 10.2 Å². The van der Waals surface area contributed by atoms with E-state index in [9.17, 15) is 14.3 Å². The third kappa shape index (κ3) is 3.81. The fraction of sp³-hybridized carbons (Fsp3) is 0.458. The van der Waals surface area contributed by atoms with Crippen molar-refractivity contribution in [3.63, 3.8) is 0 Å². The molecule has 2 aliphatic heterocycles. The first-order valence-corrected chi connectivity index (χ1v) is 11.0. The van der Waals surface area contributed by atoms with E-state index in [1.165, 1.54) is 23.8 Å². The highest BCUT2D eigenvalue weighted by Gasteiger charge is 2.43. The predicted molar refractivity (Wildman–Crippen MR) is 117 cm³/mol. The second-order valence-corrected chi connectivity index (χ2v) is 9.11. The van der Waals surface area contributed by atoms with E-state index in [0.29, 0.717) is 23.4 Å². The number of hydrogen-bond acceptors (Lipinski definition) is 3. The molecule has 2 aromatic carbocycles. The first kappa shape index (κ1) is 21.1. The molecule has 2 aromatic rings. The second kappa shape index (κ2) is 8.20. The summed E-state index contributed by atoms with van der Waals surface area (Å²) in [6, 6.07) is 9.09. The summed E-state index contributed by atoms with van der Waals surface area (Å²) in [5, 5.41) is 13.1. The number of amides is 1. The van der Waals surface area contributed by atoms with Crippen LogP contribution in [0.3, 0.4) is 0 Å². The zero-order valence-corrected chi connectivity index (χ0v) is 18.3. The topological polar surface area (TPSA) is 52.6 Å². The maximum absolute atomic E-state index is 13.4. The van der Waals surface area contributed by atoms with E-state index < -0.39 is 5.82 Å². The molecule has 2 fully saturated rings. The standard InChI is InChI=1S/C24H28ClFN2O2/c1-13-14(2)23(29)9-7-20(13)15(3)28-18-5-6-19(28)12-17(11-18)27-24(30)16-4-8-22(26)21(25)10-16/h4,7-10,15,17-19,29H,5-6,11-12H2,1-3H3,(H,27,30). The fourth-order valence-electron chi connectivity index (χ4n) is 5.31. The zero-order chi connectivity index (χ0) is 21.6. The summed E-state index contributed by atoms with van der Waals surface area (Å²) >= 11 is 5.83. The molecular formula is C24H28ClFN2O2. The summed E-state index contributed by atoms with van der Waals surface area (Å²) in [4.78, 5) is 15.2. The van der Waals surface area contributed by atoms with Crippen molar-refractivity contribution in [3.05, 3.63) is 63.4 Å². The van der Waals surface area contributed by atoms with Gasteiger partial charge in [-0.3, -0.25) is 9.69 Å². The van der Waals surface area contributed by atoms with Gasteiger partial charge in [-0.2, -0.15) is 0 Å². The van der Waals surface area contributed by atoms with Crippen LogP contribution in [0.5, 0.6) is 5.75 Å². The van der Waals surface area contributed by atoms with Crippen molar-refractivity contribution in [2.24, 2.45) is 0 Å².